The van der Waals surface area contributed by atoms with Crippen molar-refractivity contribution in [3.8, 4) is 0 Å². The van der Waals surface area contributed by atoms with Gasteiger partial charge in [-0.25, -0.2) is 9.97 Å². The lowest BCUT2D eigenvalue weighted by Gasteiger charge is -2.24. The Morgan fingerprint density at radius 3 is 2.88 bits per heavy atom. The maximum Gasteiger partial charge on any atom is 0.163 e. The summed E-state index contributed by atoms with van der Waals surface area (Å²) in [5.74, 6) is -0.275. The second-order valence-corrected chi connectivity index (χ2v) is 9.09. The number of carbonyl (C=O) groups excluding carboxylic acids is 1. The Hall–Kier alpha value is -1.26. The first kappa shape index (κ1) is 16.9. The molecule has 3 heterocycles. The number of imidazole rings is 1. The summed E-state index contributed by atoms with van der Waals surface area (Å²) in [5.41, 5.74) is 2.19. The number of pyridine rings is 1. The van der Waals surface area contributed by atoms with Crippen LogP contribution in [0.2, 0.25) is 0 Å². The number of ketones is 1. The Balaban J connectivity index is 1.66. The van der Waals surface area contributed by atoms with Gasteiger partial charge in [-0.1, -0.05) is 0 Å². The van der Waals surface area contributed by atoms with Crippen LogP contribution in [0.4, 0.5) is 5.69 Å². The maximum atomic E-state index is 12.5. The predicted octanol–water partition coefficient (Wildman–Crippen LogP) is 2.75. The van der Waals surface area contributed by atoms with Crippen molar-refractivity contribution in [2.75, 3.05) is 12.4 Å². The Morgan fingerprint density at radius 1 is 1.42 bits per heavy atom. The average molecular weight is 468 g/mol. The second kappa shape index (κ2) is 5.17. The van der Waals surface area contributed by atoms with Crippen molar-refractivity contribution in [1.82, 2.24) is 14.5 Å². The quantitative estimate of drug-likeness (QED) is 0.552. The number of nitrogens with zero attached hydrogens (tertiary/aromatic N) is 3. The minimum absolute atomic E-state index is 0.00563. The number of ether oxygens (including phenoxy) is 2. The lowest BCUT2D eigenvalue weighted by atomic mass is 9.95. The summed E-state index contributed by atoms with van der Waals surface area (Å²) < 4.78 is 15.4. The standard InChI is InChI=1S/C18H21IN4O3/c1-8(24)18-6-9(18)13(14-15(18)26-17(2,3)25-14)23-7-21-12-10(20-4)5-11(19)22-16(12)23/h5,7,9,13-15H,6H2,1-4H3,(H,20,22)/t9?,13-,14+,15?,18+/m1/s1. The summed E-state index contributed by atoms with van der Waals surface area (Å²) in [6.45, 7) is 5.51. The van der Waals surface area contributed by atoms with Gasteiger partial charge in [-0.05, 0) is 61.8 Å². The minimum Gasteiger partial charge on any atom is -0.386 e. The maximum absolute atomic E-state index is 12.5. The average Bonchev–Trinajstić information content (AvgIpc) is 2.91. The number of Topliss-reactive ketones (excluding diaryl/α,β-unsaturated/α-hetero) is 1. The summed E-state index contributed by atoms with van der Waals surface area (Å²) in [6, 6.07) is 1.98. The fourth-order valence-electron chi connectivity index (χ4n) is 5.07. The van der Waals surface area contributed by atoms with E-state index < -0.39 is 11.2 Å². The van der Waals surface area contributed by atoms with Crippen LogP contribution in [0.5, 0.6) is 0 Å². The molecule has 2 aromatic heterocycles. The van der Waals surface area contributed by atoms with Crippen LogP contribution in [0.15, 0.2) is 12.4 Å². The molecule has 8 heteroatoms. The van der Waals surface area contributed by atoms with Gasteiger partial charge in [0.25, 0.3) is 0 Å². The molecule has 0 bridgehead atoms. The molecule has 26 heavy (non-hydrogen) atoms. The zero-order chi connectivity index (χ0) is 18.4. The molecule has 0 radical (unpaired) electrons. The molecule has 0 amide bonds. The molecule has 138 valence electrons. The van der Waals surface area contributed by atoms with Crippen molar-refractivity contribution in [1.29, 1.82) is 0 Å². The molecule has 5 atom stereocenters. The number of halogens is 1. The van der Waals surface area contributed by atoms with E-state index in [9.17, 15) is 4.79 Å². The van der Waals surface area contributed by atoms with Crippen LogP contribution in [0.3, 0.4) is 0 Å². The Labute approximate surface area is 165 Å². The first-order valence-electron chi connectivity index (χ1n) is 8.86. The van der Waals surface area contributed by atoms with E-state index in [0.29, 0.717) is 0 Å². The van der Waals surface area contributed by atoms with E-state index in [1.165, 1.54) is 0 Å². The summed E-state index contributed by atoms with van der Waals surface area (Å²) in [7, 11) is 1.88. The van der Waals surface area contributed by atoms with Gasteiger partial charge < -0.3 is 19.4 Å². The van der Waals surface area contributed by atoms with Crippen LogP contribution >= 0.6 is 22.6 Å². The fraction of sp³-hybridized carbons (Fsp3) is 0.611. The van der Waals surface area contributed by atoms with Crippen molar-refractivity contribution >= 4 is 45.2 Å². The first-order valence-corrected chi connectivity index (χ1v) is 9.94. The molecule has 2 aromatic rings. The SMILES string of the molecule is CNc1cc(I)nc2c1ncn2[C@@H]1C2C[C@@]2(C(C)=O)C2OC(C)(C)O[C@H]21. The smallest absolute Gasteiger partial charge is 0.163 e. The summed E-state index contributed by atoms with van der Waals surface area (Å²) >= 11 is 2.22. The predicted molar refractivity (Wildman–Crippen MR) is 104 cm³/mol. The molecule has 1 saturated heterocycles. The van der Waals surface area contributed by atoms with E-state index in [1.54, 1.807) is 6.92 Å². The summed E-state index contributed by atoms with van der Waals surface area (Å²) in [5, 5.41) is 3.19. The van der Waals surface area contributed by atoms with Crippen LogP contribution < -0.4 is 5.32 Å². The number of hydrogen-bond acceptors (Lipinski definition) is 6. The third-order valence-corrected chi connectivity index (χ3v) is 6.74. The van der Waals surface area contributed by atoms with Crippen molar-refractivity contribution in [2.24, 2.45) is 11.3 Å². The molecule has 3 fully saturated rings. The van der Waals surface area contributed by atoms with E-state index >= 15 is 0 Å². The Bertz CT molecular complexity index is 942. The molecule has 7 nitrogen and oxygen atoms in total. The van der Waals surface area contributed by atoms with Crippen molar-refractivity contribution in [3.05, 3.63) is 16.1 Å². The highest BCUT2D eigenvalue weighted by atomic mass is 127. The van der Waals surface area contributed by atoms with Crippen molar-refractivity contribution in [2.45, 2.75) is 51.2 Å². The highest BCUT2D eigenvalue weighted by Crippen LogP contribution is 2.71. The summed E-state index contributed by atoms with van der Waals surface area (Å²) in [6.07, 6.45) is 2.31. The molecule has 0 spiro atoms. The van der Waals surface area contributed by atoms with Gasteiger partial charge >= 0.3 is 0 Å². The largest absolute Gasteiger partial charge is 0.386 e. The van der Waals surface area contributed by atoms with Crippen LogP contribution in [-0.4, -0.2) is 45.4 Å². The van der Waals surface area contributed by atoms with Gasteiger partial charge in [0.2, 0.25) is 0 Å². The first-order chi connectivity index (χ1) is 12.3. The van der Waals surface area contributed by atoms with E-state index in [4.69, 9.17) is 14.5 Å². The zero-order valence-corrected chi connectivity index (χ0v) is 17.3. The van der Waals surface area contributed by atoms with Gasteiger partial charge in [-0.3, -0.25) is 4.79 Å². The molecule has 2 aliphatic carbocycles. The molecule has 1 aliphatic heterocycles. The van der Waals surface area contributed by atoms with Gasteiger partial charge in [-0.2, -0.15) is 0 Å². The molecular weight excluding hydrogens is 447 g/mol. The number of rotatable bonds is 3. The Kier molecular flexibility index (Phi) is 3.36. The molecule has 5 rings (SSSR count). The number of aromatic nitrogens is 3. The number of hydrogen-bond donors (Lipinski definition) is 1. The third kappa shape index (κ3) is 2.03. The highest BCUT2D eigenvalue weighted by molar-refractivity contribution is 14.1. The molecule has 2 saturated carbocycles. The van der Waals surface area contributed by atoms with Gasteiger partial charge in [0.05, 0.1) is 23.5 Å². The normalized spacial score (nSPS) is 36.8. The second-order valence-electron chi connectivity index (χ2n) is 7.99. The lowest BCUT2D eigenvalue weighted by molar-refractivity contribution is -0.163. The van der Waals surface area contributed by atoms with Crippen molar-refractivity contribution in [3.63, 3.8) is 0 Å². The van der Waals surface area contributed by atoms with Gasteiger partial charge in [-0.15, -0.1) is 0 Å². The number of nitrogens with one attached hydrogen (secondary N) is 1. The lowest BCUT2D eigenvalue weighted by Crippen LogP contribution is -2.34. The van der Waals surface area contributed by atoms with Gasteiger partial charge in [0.1, 0.15) is 27.2 Å². The number of carbonyl (C=O) groups is 1. The highest BCUT2D eigenvalue weighted by Gasteiger charge is 2.78. The third-order valence-electron chi connectivity index (χ3n) is 6.19. The minimum atomic E-state index is -0.683. The number of fused-ring (bicyclic) bond motifs is 4. The van der Waals surface area contributed by atoms with E-state index in [0.717, 1.165) is 27.0 Å². The van der Waals surface area contributed by atoms with Crippen LogP contribution in [0, 0.1) is 15.0 Å². The molecule has 2 unspecified atom stereocenters. The number of anilines is 1. The monoisotopic (exact) mass is 468 g/mol. The molecule has 3 aliphatic rings. The van der Waals surface area contributed by atoms with Crippen LogP contribution in [0.25, 0.3) is 11.2 Å². The fourth-order valence-corrected chi connectivity index (χ4v) is 5.61. The molecule has 1 N–H and O–H groups in total. The topological polar surface area (TPSA) is 78.3 Å². The zero-order valence-electron chi connectivity index (χ0n) is 15.1. The summed E-state index contributed by atoms with van der Waals surface area (Å²) in [4.78, 5) is 21.8. The van der Waals surface area contributed by atoms with E-state index in [-0.39, 0.29) is 30.0 Å². The van der Waals surface area contributed by atoms with Gasteiger partial charge in [0, 0.05) is 7.05 Å². The van der Waals surface area contributed by atoms with E-state index in [1.807, 2.05) is 33.3 Å². The van der Waals surface area contributed by atoms with Gasteiger partial charge in [0.15, 0.2) is 11.4 Å². The molecular formula is C18H21IN4O3. The Morgan fingerprint density at radius 2 is 2.19 bits per heavy atom. The van der Waals surface area contributed by atoms with Crippen LogP contribution in [0.1, 0.15) is 33.2 Å². The molecule has 0 aromatic carbocycles. The van der Waals surface area contributed by atoms with E-state index in [2.05, 4.69) is 37.5 Å². The van der Waals surface area contributed by atoms with Crippen molar-refractivity contribution < 1.29 is 14.3 Å². The van der Waals surface area contributed by atoms with Crippen LogP contribution in [-0.2, 0) is 14.3 Å².